The summed E-state index contributed by atoms with van der Waals surface area (Å²) in [6.07, 6.45) is 15.0. The van der Waals surface area contributed by atoms with Gasteiger partial charge in [0.1, 0.15) is 0 Å². The lowest BCUT2D eigenvalue weighted by Gasteiger charge is -2.08. The van der Waals surface area contributed by atoms with E-state index in [0.717, 1.165) is 12.8 Å². The van der Waals surface area contributed by atoms with E-state index in [1.807, 2.05) is 12.2 Å². The zero-order valence-corrected chi connectivity index (χ0v) is 10.2. The largest absolute Gasteiger partial charge is 0.377 e. The van der Waals surface area contributed by atoms with Crippen LogP contribution in [-0.4, -0.2) is 13.2 Å². The number of allylic oxidation sites excluding steroid dienone is 3. The third-order valence-electron chi connectivity index (χ3n) is 2.93. The predicted molar refractivity (Wildman–Crippen MR) is 72.9 cm³/mol. The molecule has 0 spiro atoms. The molecule has 0 saturated heterocycles. The Morgan fingerprint density at radius 3 is 2.65 bits per heavy atom. The van der Waals surface area contributed by atoms with E-state index in [1.165, 1.54) is 11.1 Å². The molecular weight excluding hydrogens is 208 g/mol. The highest BCUT2D eigenvalue weighted by Gasteiger charge is 2.00. The Hall–Kier alpha value is -1.60. The molecular formula is C16H18O. The van der Waals surface area contributed by atoms with Gasteiger partial charge >= 0.3 is 0 Å². The fourth-order valence-electron chi connectivity index (χ4n) is 1.93. The number of benzene rings is 1. The molecule has 2 aliphatic rings. The van der Waals surface area contributed by atoms with Crippen molar-refractivity contribution >= 4 is 6.08 Å². The molecule has 1 atom stereocenters. The van der Waals surface area contributed by atoms with E-state index in [2.05, 4.69) is 48.6 Å². The highest BCUT2D eigenvalue weighted by molar-refractivity contribution is 5.59. The molecule has 0 radical (unpaired) electrons. The standard InChI is InChI=1S/C9H8.C7H10O/c1-2-5-9-7-3-6-8(9)4-1;1-8-7-5-3-2-4-6-7/h1-6H,7H2;2-5,7H,6H2,1H3. The first-order valence-corrected chi connectivity index (χ1v) is 6.00. The fourth-order valence-corrected chi connectivity index (χ4v) is 1.93. The maximum absolute atomic E-state index is 5.05. The summed E-state index contributed by atoms with van der Waals surface area (Å²) >= 11 is 0. The van der Waals surface area contributed by atoms with Gasteiger partial charge in [0.2, 0.25) is 0 Å². The minimum Gasteiger partial charge on any atom is -0.377 e. The molecule has 0 heterocycles. The molecule has 0 aliphatic heterocycles. The first-order chi connectivity index (χ1) is 8.40. The van der Waals surface area contributed by atoms with Gasteiger partial charge in [-0.3, -0.25) is 0 Å². The van der Waals surface area contributed by atoms with Crippen molar-refractivity contribution in [2.24, 2.45) is 0 Å². The molecule has 1 unspecified atom stereocenters. The molecule has 0 N–H and O–H groups in total. The van der Waals surface area contributed by atoms with Gasteiger partial charge in [0.15, 0.2) is 0 Å². The minimum atomic E-state index is 0.319. The van der Waals surface area contributed by atoms with Crippen molar-refractivity contribution in [1.82, 2.24) is 0 Å². The van der Waals surface area contributed by atoms with Crippen molar-refractivity contribution in [3.63, 3.8) is 0 Å². The van der Waals surface area contributed by atoms with Crippen LogP contribution >= 0.6 is 0 Å². The summed E-state index contributed by atoms with van der Waals surface area (Å²) < 4.78 is 5.05. The zero-order chi connectivity index (χ0) is 11.9. The van der Waals surface area contributed by atoms with Crippen molar-refractivity contribution in [2.75, 3.05) is 7.11 Å². The van der Waals surface area contributed by atoms with Crippen molar-refractivity contribution in [3.05, 3.63) is 65.8 Å². The van der Waals surface area contributed by atoms with E-state index in [-0.39, 0.29) is 0 Å². The Bertz CT molecular complexity index is 441. The van der Waals surface area contributed by atoms with Crippen LogP contribution in [0.3, 0.4) is 0 Å². The van der Waals surface area contributed by atoms with Crippen LogP contribution in [0.5, 0.6) is 0 Å². The lowest BCUT2D eigenvalue weighted by atomic mass is 10.1. The second kappa shape index (κ2) is 6.21. The third-order valence-corrected chi connectivity index (χ3v) is 2.93. The molecule has 0 amide bonds. The summed E-state index contributed by atoms with van der Waals surface area (Å²) in [4.78, 5) is 0. The molecule has 0 saturated carbocycles. The van der Waals surface area contributed by atoms with Crippen LogP contribution in [0.25, 0.3) is 6.08 Å². The summed E-state index contributed by atoms with van der Waals surface area (Å²) in [6, 6.07) is 8.49. The van der Waals surface area contributed by atoms with Gasteiger partial charge in [0.25, 0.3) is 0 Å². The van der Waals surface area contributed by atoms with Crippen molar-refractivity contribution in [2.45, 2.75) is 18.9 Å². The van der Waals surface area contributed by atoms with E-state index < -0.39 is 0 Å². The Labute approximate surface area is 103 Å². The summed E-state index contributed by atoms with van der Waals surface area (Å²) in [7, 11) is 1.73. The maximum Gasteiger partial charge on any atom is 0.0789 e. The molecule has 17 heavy (non-hydrogen) atoms. The SMILES string of the molecule is C1=Cc2ccccc2C1.COC1C=CC=CC1. The third kappa shape index (κ3) is 3.43. The molecule has 0 bridgehead atoms. The van der Waals surface area contributed by atoms with Crippen LogP contribution in [0.4, 0.5) is 0 Å². The molecule has 3 rings (SSSR count). The molecule has 0 aromatic heterocycles. The highest BCUT2D eigenvalue weighted by atomic mass is 16.5. The lowest BCUT2D eigenvalue weighted by Crippen LogP contribution is -2.05. The summed E-state index contributed by atoms with van der Waals surface area (Å²) in [5.41, 5.74) is 2.84. The average molecular weight is 226 g/mol. The van der Waals surface area contributed by atoms with Crippen molar-refractivity contribution in [1.29, 1.82) is 0 Å². The second-order valence-corrected chi connectivity index (χ2v) is 4.13. The van der Waals surface area contributed by atoms with Crippen LogP contribution in [0, 0.1) is 0 Å². The molecule has 1 aromatic carbocycles. The Morgan fingerprint density at radius 2 is 2.00 bits per heavy atom. The second-order valence-electron chi connectivity index (χ2n) is 4.13. The zero-order valence-electron chi connectivity index (χ0n) is 10.2. The van der Waals surface area contributed by atoms with Crippen molar-refractivity contribution in [3.8, 4) is 0 Å². The normalized spacial score (nSPS) is 19.7. The van der Waals surface area contributed by atoms with Gasteiger partial charge in [-0.1, -0.05) is 60.7 Å². The summed E-state index contributed by atoms with van der Waals surface area (Å²) in [6.45, 7) is 0. The van der Waals surface area contributed by atoms with E-state index in [9.17, 15) is 0 Å². The van der Waals surface area contributed by atoms with Crippen LogP contribution in [0.2, 0.25) is 0 Å². The number of hydrogen-bond donors (Lipinski definition) is 0. The number of fused-ring (bicyclic) bond motifs is 1. The van der Waals surface area contributed by atoms with Gasteiger partial charge < -0.3 is 4.74 Å². The fraction of sp³-hybridized carbons (Fsp3) is 0.250. The lowest BCUT2D eigenvalue weighted by molar-refractivity contribution is 0.142. The molecule has 0 fully saturated rings. The van der Waals surface area contributed by atoms with Crippen molar-refractivity contribution < 1.29 is 4.74 Å². The average Bonchev–Trinajstić information content (AvgIpc) is 2.89. The first kappa shape index (κ1) is 11.9. The topological polar surface area (TPSA) is 9.23 Å². The molecule has 88 valence electrons. The van der Waals surface area contributed by atoms with Gasteiger partial charge in [-0.15, -0.1) is 0 Å². The van der Waals surface area contributed by atoms with E-state index in [0.29, 0.717) is 6.10 Å². The number of methoxy groups -OCH3 is 1. The van der Waals surface area contributed by atoms with Crippen LogP contribution < -0.4 is 0 Å². The van der Waals surface area contributed by atoms with Crippen LogP contribution in [0.15, 0.2) is 54.6 Å². The predicted octanol–water partition coefficient (Wildman–Crippen LogP) is 3.77. The van der Waals surface area contributed by atoms with Gasteiger partial charge in [0, 0.05) is 7.11 Å². The van der Waals surface area contributed by atoms with E-state index >= 15 is 0 Å². The Kier molecular flexibility index (Phi) is 4.34. The van der Waals surface area contributed by atoms with Gasteiger partial charge in [-0.25, -0.2) is 0 Å². The smallest absolute Gasteiger partial charge is 0.0789 e. The van der Waals surface area contributed by atoms with Gasteiger partial charge in [-0.2, -0.15) is 0 Å². The van der Waals surface area contributed by atoms with E-state index in [1.54, 1.807) is 7.11 Å². The number of ether oxygens (including phenoxy) is 1. The van der Waals surface area contributed by atoms with Crippen LogP contribution in [-0.2, 0) is 11.2 Å². The first-order valence-electron chi connectivity index (χ1n) is 6.00. The highest BCUT2D eigenvalue weighted by Crippen LogP contribution is 2.17. The number of hydrogen-bond acceptors (Lipinski definition) is 1. The molecule has 1 aromatic rings. The monoisotopic (exact) mass is 226 g/mol. The molecule has 1 nitrogen and oxygen atoms in total. The van der Waals surface area contributed by atoms with E-state index in [4.69, 9.17) is 4.74 Å². The Morgan fingerprint density at radius 1 is 1.12 bits per heavy atom. The minimum absolute atomic E-state index is 0.319. The summed E-state index contributed by atoms with van der Waals surface area (Å²) in [5.74, 6) is 0. The maximum atomic E-state index is 5.05. The quantitative estimate of drug-likeness (QED) is 0.708. The number of rotatable bonds is 1. The Balaban J connectivity index is 0.000000128. The molecule has 2 aliphatic carbocycles. The van der Waals surface area contributed by atoms with Gasteiger partial charge in [-0.05, 0) is 24.0 Å². The van der Waals surface area contributed by atoms with Crippen LogP contribution in [0.1, 0.15) is 17.5 Å². The summed E-state index contributed by atoms with van der Waals surface area (Å²) in [5, 5.41) is 0. The molecule has 1 heteroatoms. The van der Waals surface area contributed by atoms with Gasteiger partial charge in [0.05, 0.1) is 6.10 Å².